The van der Waals surface area contributed by atoms with E-state index in [0.717, 1.165) is 25.9 Å². The third kappa shape index (κ3) is 4.77. The van der Waals surface area contributed by atoms with Crippen molar-refractivity contribution in [2.75, 3.05) is 18.0 Å². The highest BCUT2D eigenvalue weighted by Gasteiger charge is 2.01. The van der Waals surface area contributed by atoms with Crippen molar-refractivity contribution in [2.45, 2.75) is 33.6 Å². The minimum absolute atomic E-state index is 1.06. The Morgan fingerprint density at radius 3 is 2.14 bits per heavy atom. The predicted molar refractivity (Wildman–Crippen MR) is 98.4 cm³/mol. The maximum Gasteiger partial charge on any atom is 0.0366 e. The third-order valence-electron chi connectivity index (χ3n) is 4.09. The summed E-state index contributed by atoms with van der Waals surface area (Å²) in [5.41, 5.74) is 5.46. The number of anilines is 1. The first kappa shape index (κ1) is 16.4. The summed E-state index contributed by atoms with van der Waals surface area (Å²) >= 11 is 0. The average molecular weight is 293 g/mol. The Bertz CT molecular complexity index is 577. The van der Waals surface area contributed by atoms with Crippen LogP contribution in [-0.4, -0.2) is 13.1 Å². The smallest absolute Gasteiger partial charge is 0.0366 e. The number of aryl methyl sites for hydroxylation is 1. The Morgan fingerprint density at radius 2 is 1.55 bits per heavy atom. The molecule has 0 heterocycles. The van der Waals surface area contributed by atoms with Gasteiger partial charge in [0.25, 0.3) is 0 Å². The molecule has 0 atom stereocenters. The lowest BCUT2D eigenvalue weighted by Crippen LogP contribution is -2.21. The van der Waals surface area contributed by atoms with Crippen LogP contribution in [0.5, 0.6) is 0 Å². The van der Waals surface area contributed by atoms with Gasteiger partial charge in [-0.3, -0.25) is 0 Å². The number of nitrogens with zero attached hydrogens (tertiary/aromatic N) is 1. The van der Waals surface area contributed by atoms with Crippen LogP contribution in [0.15, 0.2) is 60.2 Å². The fourth-order valence-electron chi connectivity index (χ4n) is 2.71. The molecule has 22 heavy (non-hydrogen) atoms. The molecule has 116 valence electrons. The normalized spacial score (nSPS) is 11.5. The molecule has 0 radical (unpaired) electrons. The fraction of sp³-hybridized carbons (Fsp3) is 0.333. The van der Waals surface area contributed by atoms with Gasteiger partial charge in [0, 0.05) is 18.8 Å². The van der Waals surface area contributed by atoms with Crippen molar-refractivity contribution in [3.05, 3.63) is 71.3 Å². The van der Waals surface area contributed by atoms with E-state index >= 15 is 0 Å². The molecule has 1 heteroatoms. The Hall–Kier alpha value is -2.02. The van der Waals surface area contributed by atoms with Crippen LogP contribution >= 0.6 is 0 Å². The van der Waals surface area contributed by atoms with Gasteiger partial charge < -0.3 is 4.90 Å². The molecule has 0 aromatic heterocycles. The SMILES string of the molecule is CCN(CC)c1ccc(CC/C(C)=C/c2ccccc2)cc1. The minimum atomic E-state index is 1.06. The summed E-state index contributed by atoms with van der Waals surface area (Å²) in [5, 5.41) is 0. The lowest BCUT2D eigenvalue weighted by atomic mass is 10.0. The van der Waals surface area contributed by atoms with Gasteiger partial charge in [-0.2, -0.15) is 0 Å². The molecule has 0 saturated carbocycles. The number of hydrogen-bond acceptors (Lipinski definition) is 1. The Kier molecular flexibility index (Phi) is 6.27. The molecule has 2 aromatic rings. The molecule has 0 unspecified atom stereocenters. The number of rotatable bonds is 7. The first-order valence-corrected chi connectivity index (χ1v) is 8.29. The highest BCUT2D eigenvalue weighted by molar-refractivity contribution is 5.52. The second kappa shape index (κ2) is 8.43. The summed E-state index contributed by atoms with van der Waals surface area (Å²) in [6.07, 6.45) is 4.50. The Labute approximate surface area is 135 Å². The van der Waals surface area contributed by atoms with E-state index in [9.17, 15) is 0 Å². The zero-order valence-electron chi connectivity index (χ0n) is 14.0. The van der Waals surface area contributed by atoms with Crippen molar-refractivity contribution in [3.8, 4) is 0 Å². The molecule has 2 rings (SSSR count). The summed E-state index contributed by atoms with van der Waals surface area (Å²) in [6.45, 7) is 8.76. The van der Waals surface area contributed by atoms with Crippen LogP contribution in [0.1, 0.15) is 38.3 Å². The summed E-state index contributed by atoms with van der Waals surface area (Å²) < 4.78 is 0. The van der Waals surface area contributed by atoms with Gasteiger partial charge in [0.15, 0.2) is 0 Å². The molecule has 0 aliphatic heterocycles. The standard InChI is InChI=1S/C21H27N/c1-4-22(5-2)21-15-13-19(14-16-21)12-11-18(3)17-20-9-7-6-8-10-20/h6-10,13-17H,4-5,11-12H2,1-3H3/b18-17+. The second-order valence-corrected chi connectivity index (χ2v) is 5.74. The molecule has 0 aliphatic carbocycles. The van der Waals surface area contributed by atoms with E-state index in [0.29, 0.717) is 0 Å². The molecule has 0 fully saturated rings. The van der Waals surface area contributed by atoms with Gasteiger partial charge in [0.05, 0.1) is 0 Å². The van der Waals surface area contributed by atoms with Crippen LogP contribution in [0, 0.1) is 0 Å². The van der Waals surface area contributed by atoms with Crippen molar-refractivity contribution < 1.29 is 0 Å². The van der Waals surface area contributed by atoms with Crippen molar-refractivity contribution in [1.82, 2.24) is 0 Å². The molecule has 0 aliphatic rings. The van der Waals surface area contributed by atoms with Crippen molar-refractivity contribution in [1.29, 1.82) is 0 Å². The van der Waals surface area contributed by atoms with Gasteiger partial charge in [0.1, 0.15) is 0 Å². The lowest BCUT2D eigenvalue weighted by molar-refractivity contribution is 0.864. The van der Waals surface area contributed by atoms with Crippen LogP contribution in [0.2, 0.25) is 0 Å². The zero-order valence-corrected chi connectivity index (χ0v) is 14.0. The van der Waals surface area contributed by atoms with E-state index in [1.165, 1.54) is 22.4 Å². The van der Waals surface area contributed by atoms with Gasteiger partial charge in [0.2, 0.25) is 0 Å². The average Bonchev–Trinajstić information content (AvgIpc) is 2.56. The van der Waals surface area contributed by atoms with Crippen molar-refractivity contribution >= 4 is 11.8 Å². The summed E-state index contributed by atoms with van der Waals surface area (Å²) in [7, 11) is 0. The van der Waals surface area contributed by atoms with Gasteiger partial charge >= 0.3 is 0 Å². The molecule has 0 bridgehead atoms. The Balaban J connectivity index is 1.93. The predicted octanol–water partition coefficient (Wildman–Crippen LogP) is 5.57. The quantitative estimate of drug-likeness (QED) is 0.645. The monoisotopic (exact) mass is 293 g/mol. The number of benzene rings is 2. The maximum atomic E-state index is 2.38. The van der Waals surface area contributed by atoms with Crippen molar-refractivity contribution in [2.24, 2.45) is 0 Å². The van der Waals surface area contributed by atoms with Crippen LogP contribution < -0.4 is 4.90 Å². The molecular weight excluding hydrogens is 266 g/mol. The second-order valence-electron chi connectivity index (χ2n) is 5.74. The van der Waals surface area contributed by atoms with E-state index in [-0.39, 0.29) is 0 Å². The molecule has 0 amide bonds. The first-order valence-electron chi connectivity index (χ1n) is 8.29. The zero-order chi connectivity index (χ0) is 15.8. The molecule has 0 spiro atoms. The molecule has 0 N–H and O–H groups in total. The molecular formula is C21H27N. The maximum absolute atomic E-state index is 2.38. The summed E-state index contributed by atoms with van der Waals surface area (Å²) in [4.78, 5) is 2.38. The van der Waals surface area contributed by atoms with Crippen LogP contribution in [0.25, 0.3) is 6.08 Å². The van der Waals surface area contributed by atoms with E-state index in [2.05, 4.69) is 86.3 Å². The lowest BCUT2D eigenvalue weighted by Gasteiger charge is -2.21. The minimum Gasteiger partial charge on any atom is -0.372 e. The van der Waals surface area contributed by atoms with Crippen LogP contribution in [0.3, 0.4) is 0 Å². The highest BCUT2D eigenvalue weighted by atomic mass is 15.1. The van der Waals surface area contributed by atoms with Crippen LogP contribution in [0.4, 0.5) is 5.69 Å². The van der Waals surface area contributed by atoms with E-state index in [1.807, 2.05) is 0 Å². The largest absolute Gasteiger partial charge is 0.372 e. The van der Waals surface area contributed by atoms with Gasteiger partial charge in [-0.15, -0.1) is 0 Å². The molecule has 2 aromatic carbocycles. The van der Waals surface area contributed by atoms with E-state index in [1.54, 1.807) is 0 Å². The molecule has 0 saturated heterocycles. The van der Waals surface area contributed by atoms with Crippen molar-refractivity contribution in [3.63, 3.8) is 0 Å². The van der Waals surface area contributed by atoms with Crippen LogP contribution in [-0.2, 0) is 6.42 Å². The van der Waals surface area contributed by atoms with E-state index in [4.69, 9.17) is 0 Å². The molecule has 1 nitrogen and oxygen atoms in total. The van der Waals surface area contributed by atoms with Gasteiger partial charge in [-0.1, -0.05) is 54.1 Å². The fourth-order valence-corrected chi connectivity index (χ4v) is 2.71. The third-order valence-corrected chi connectivity index (χ3v) is 4.09. The first-order chi connectivity index (χ1) is 10.7. The topological polar surface area (TPSA) is 3.24 Å². The highest BCUT2D eigenvalue weighted by Crippen LogP contribution is 2.17. The number of allylic oxidation sites excluding steroid dienone is 1. The summed E-state index contributed by atoms with van der Waals surface area (Å²) in [6, 6.07) is 19.6. The van der Waals surface area contributed by atoms with E-state index < -0.39 is 0 Å². The van der Waals surface area contributed by atoms with Gasteiger partial charge in [-0.05, 0) is 56.9 Å². The number of hydrogen-bond donors (Lipinski definition) is 0. The Morgan fingerprint density at radius 1 is 0.909 bits per heavy atom. The summed E-state index contributed by atoms with van der Waals surface area (Å²) in [5.74, 6) is 0. The van der Waals surface area contributed by atoms with Gasteiger partial charge in [-0.25, -0.2) is 0 Å².